The zero-order valence-corrected chi connectivity index (χ0v) is 13.6. The SMILES string of the molecule is CN(C)CC(C)(O)CNC(=O)CSc1ccccc1Cl. The number of rotatable bonds is 7. The van der Waals surface area contributed by atoms with Crippen LogP contribution in [0.15, 0.2) is 29.2 Å². The summed E-state index contributed by atoms with van der Waals surface area (Å²) in [5, 5.41) is 13.5. The minimum atomic E-state index is -0.936. The minimum absolute atomic E-state index is 0.117. The average molecular weight is 317 g/mol. The van der Waals surface area contributed by atoms with Gasteiger partial charge < -0.3 is 15.3 Å². The Hall–Kier alpha value is -0.750. The van der Waals surface area contributed by atoms with E-state index in [1.807, 2.05) is 37.2 Å². The van der Waals surface area contributed by atoms with E-state index >= 15 is 0 Å². The lowest BCUT2D eigenvalue weighted by Crippen LogP contribution is -2.47. The molecular weight excluding hydrogens is 296 g/mol. The van der Waals surface area contributed by atoms with Crippen molar-refractivity contribution in [2.45, 2.75) is 17.4 Å². The van der Waals surface area contributed by atoms with Gasteiger partial charge in [-0.15, -0.1) is 11.8 Å². The summed E-state index contributed by atoms with van der Waals surface area (Å²) in [6.07, 6.45) is 0. The van der Waals surface area contributed by atoms with Crippen LogP contribution in [0.1, 0.15) is 6.92 Å². The van der Waals surface area contributed by atoms with Gasteiger partial charge in [0, 0.05) is 18.0 Å². The molecule has 1 aromatic rings. The Balaban J connectivity index is 2.36. The maximum Gasteiger partial charge on any atom is 0.230 e. The highest BCUT2D eigenvalue weighted by Gasteiger charge is 2.22. The highest BCUT2D eigenvalue weighted by Crippen LogP contribution is 2.26. The molecule has 2 N–H and O–H groups in total. The van der Waals surface area contributed by atoms with E-state index in [1.54, 1.807) is 13.0 Å². The highest BCUT2D eigenvalue weighted by atomic mass is 35.5. The average Bonchev–Trinajstić information content (AvgIpc) is 2.34. The molecule has 1 rings (SSSR count). The molecule has 0 spiro atoms. The lowest BCUT2D eigenvalue weighted by Gasteiger charge is -2.27. The van der Waals surface area contributed by atoms with Crippen molar-refractivity contribution in [3.05, 3.63) is 29.3 Å². The third-order valence-electron chi connectivity index (χ3n) is 2.52. The molecule has 1 amide bonds. The third kappa shape index (κ3) is 6.61. The predicted octanol–water partition coefficient (Wildman–Crippen LogP) is 1.86. The highest BCUT2D eigenvalue weighted by molar-refractivity contribution is 8.00. The standard InChI is InChI=1S/C14H21ClN2O2S/c1-14(19,10-17(2)3)9-16-13(18)8-20-12-7-5-4-6-11(12)15/h4-7,19H,8-10H2,1-3H3,(H,16,18). The second kappa shape index (κ2) is 7.88. The normalized spacial score (nSPS) is 14.1. The Morgan fingerprint density at radius 2 is 2.10 bits per heavy atom. The summed E-state index contributed by atoms with van der Waals surface area (Å²) in [6, 6.07) is 7.41. The van der Waals surface area contributed by atoms with Crippen molar-refractivity contribution in [3.63, 3.8) is 0 Å². The van der Waals surface area contributed by atoms with E-state index in [4.69, 9.17) is 11.6 Å². The lowest BCUT2D eigenvalue weighted by molar-refractivity contribution is -0.119. The van der Waals surface area contributed by atoms with Gasteiger partial charge in [-0.3, -0.25) is 4.79 Å². The van der Waals surface area contributed by atoms with E-state index in [0.29, 0.717) is 11.6 Å². The molecule has 20 heavy (non-hydrogen) atoms. The van der Waals surface area contributed by atoms with Gasteiger partial charge in [-0.05, 0) is 33.2 Å². The molecule has 0 saturated heterocycles. The second-order valence-electron chi connectivity index (χ2n) is 5.23. The van der Waals surface area contributed by atoms with Gasteiger partial charge in [-0.2, -0.15) is 0 Å². The maximum atomic E-state index is 11.8. The molecular formula is C14H21ClN2O2S. The maximum absolute atomic E-state index is 11.8. The van der Waals surface area contributed by atoms with E-state index in [1.165, 1.54) is 11.8 Å². The zero-order valence-electron chi connectivity index (χ0n) is 12.0. The summed E-state index contributed by atoms with van der Waals surface area (Å²) >= 11 is 7.40. The Kier molecular flexibility index (Phi) is 6.82. The fraction of sp³-hybridized carbons (Fsp3) is 0.500. The van der Waals surface area contributed by atoms with Gasteiger partial charge in [0.2, 0.25) is 5.91 Å². The van der Waals surface area contributed by atoms with Crippen molar-refractivity contribution < 1.29 is 9.90 Å². The summed E-state index contributed by atoms with van der Waals surface area (Å²) in [5.41, 5.74) is -0.936. The topological polar surface area (TPSA) is 52.6 Å². The van der Waals surface area contributed by atoms with Gasteiger partial charge >= 0.3 is 0 Å². The van der Waals surface area contributed by atoms with Crippen LogP contribution in [0.2, 0.25) is 5.02 Å². The number of nitrogens with one attached hydrogen (secondary N) is 1. The molecule has 0 bridgehead atoms. The van der Waals surface area contributed by atoms with Crippen molar-refractivity contribution in [2.75, 3.05) is 32.9 Å². The molecule has 0 fully saturated rings. The van der Waals surface area contributed by atoms with Gasteiger partial charge in [0.25, 0.3) is 0 Å². The smallest absolute Gasteiger partial charge is 0.230 e. The first-order valence-corrected chi connectivity index (χ1v) is 7.68. The third-order valence-corrected chi connectivity index (χ3v) is 4.03. The van der Waals surface area contributed by atoms with Crippen LogP contribution >= 0.6 is 23.4 Å². The number of amides is 1. The van der Waals surface area contributed by atoms with Crippen LogP contribution in [0.25, 0.3) is 0 Å². The van der Waals surface area contributed by atoms with Crippen molar-refractivity contribution >= 4 is 29.3 Å². The molecule has 1 aromatic carbocycles. The fourth-order valence-electron chi connectivity index (χ4n) is 1.78. The fourth-order valence-corrected chi connectivity index (χ4v) is 2.85. The predicted molar refractivity (Wildman–Crippen MR) is 84.4 cm³/mol. The number of carbonyl (C=O) groups is 1. The Morgan fingerprint density at radius 1 is 1.45 bits per heavy atom. The molecule has 1 atom stereocenters. The second-order valence-corrected chi connectivity index (χ2v) is 6.65. The first kappa shape index (κ1) is 17.3. The van der Waals surface area contributed by atoms with Crippen LogP contribution in [0.3, 0.4) is 0 Å². The molecule has 4 nitrogen and oxygen atoms in total. The quantitative estimate of drug-likeness (QED) is 0.754. The van der Waals surface area contributed by atoms with Crippen LogP contribution in [0.5, 0.6) is 0 Å². The van der Waals surface area contributed by atoms with Crippen molar-refractivity contribution in [1.82, 2.24) is 10.2 Å². The van der Waals surface area contributed by atoms with Crippen LogP contribution in [-0.4, -0.2) is 54.5 Å². The molecule has 0 aliphatic heterocycles. The number of halogens is 1. The summed E-state index contributed by atoms with van der Waals surface area (Å²) in [5.74, 6) is 0.163. The minimum Gasteiger partial charge on any atom is -0.387 e. The molecule has 1 unspecified atom stereocenters. The number of thioether (sulfide) groups is 1. The summed E-state index contributed by atoms with van der Waals surface area (Å²) in [7, 11) is 3.76. The van der Waals surface area contributed by atoms with Gasteiger partial charge in [-0.25, -0.2) is 0 Å². The van der Waals surface area contributed by atoms with Crippen LogP contribution in [0, 0.1) is 0 Å². The first-order valence-electron chi connectivity index (χ1n) is 6.31. The number of hydrogen-bond acceptors (Lipinski definition) is 4. The summed E-state index contributed by atoms with van der Waals surface area (Å²) in [4.78, 5) is 14.5. The van der Waals surface area contributed by atoms with Crippen LogP contribution < -0.4 is 5.32 Å². The van der Waals surface area contributed by atoms with Crippen molar-refractivity contribution in [1.29, 1.82) is 0 Å². The van der Waals surface area contributed by atoms with Gasteiger partial charge in [0.15, 0.2) is 0 Å². The first-order chi connectivity index (χ1) is 9.30. The van der Waals surface area contributed by atoms with E-state index in [-0.39, 0.29) is 18.2 Å². The number of aliphatic hydroxyl groups is 1. The van der Waals surface area contributed by atoms with E-state index in [9.17, 15) is 9.90 Å². The van der Waals surface area contributed by atoms with Gasteiger partial charge in [0.05, 0.1) is 16.4 Å². The Bertz CT molecular complexity index is 453. The summed E-state index contributed by atoms with van der Waals surface area (Å²) in [6.45, 7) is 2.42. The number of hydrogen-bond donors (Lipinski definition) is 2. The number of benzene rings is 1. The molecule has 0 aliphatic carbocycles. The Labute approximate surface area is 129 Å². The molecule has 112 valence electrons. The van der Waals surface area contributed by atoms with E-state index in [2.05, 4.69) is 5.32 Å². The van der Waals surface area contributed by atoms with Crippen molar-refractivity contribution in [3.8, 4) is 0 Å². The summed E-state index contributed by atoms with van der Waals surface area (Å²) < 4.78 is 0. The molecule has 0 heterocycles. The molecule has 0 aromatic heterocycles. The molecule has 6 heteroatoms. The lowest BCUT2D eigenvalue weighted by atomic mass is 10.1. The largest absolute Gasteiger partial charge is 0.387 e. The van der Waals surface area contributed by atoms with Crippen LogP contribution in [-0.2, 0) is 4.79 Å². The van der Waals surface area contributed by atoms with E-state index in [0.717, 1.165) is 4.90 Å². The van der Waals surface area contributed by atoms with Crippen molar-refractivity contribution in [2.24, 2.45) is 0 Å². The van der Waals surface area contributed by atoms with Gasteiger partial charge in [0.1, 0.15) is 0 Å². The number of nitrogens with zero attached hydrogens (tertiary/aromatic N) is 1. The zero-order chi connectivity index (χ0) is 15.2. The number of likely N-dealkylation sites (N-methyl/N-ethyl adjacent to an activating group) is 1. The van der Waals surface area contributed by atoms with E-state index < -0.39 is 5.60 Å². The molecule has 0 aliphatic rings. The van der Waals surface area contributed by atoms with Gasteiger partial charge in [-0.1, -0.05) is 23.7 Å². The van der Waals surface area contributed by atoms with Crippen LogP contribution in [0.4, 0.5) is 0 Å². The molecule has 0 saturated carbocycles. The number of carbonyl (C=O) groups excluding carboxylic acids is 1. The Morgan fingerprint density at radius 3 is 2.70 bits per heavy atom. The monoisotopic (exact) mass is 316 g/mol. The molecule has 0 radical (unpaired) electrons.